The van der Waals surface area contributed by atoms with Gasteiger partial charge in [0.15, 0.2) is 0 Å². The van der Waals surface area contributed by atoms with E-state index in [4.69, 9.17) is 4.74 Å². The number of ether oxygens (including phenoxy) is 1. The molecule has 1 unspecified atom stereocenters. The van der Waals surface area contributed by atoms with Crippen LogP contribution < -0.4 is 10.1 Å². The highest BCUT2D eigenvalue weighted by Gasteiger charge is 2.30. The van der Waals surface area contributed by atoms with Gasteiger partial charge in [-0.3, -0.25) is 10.1 Å². The van der Waals surface area contributed by atoms with Crippen LogP contribution in [0.3, 0.4) is 0 Å². The zero-order valence-corrected chi connectivity index (χ0v) is 13.3. The molecule has 2 rings (SSSR count). The van der Waals surface area contributed by atoms with Crippen LogP contribution >= 0.6 is 0 Å². The molecule has 1 aromatic carbocycles. The molecule has 0 bridgehead atoms. The van der Waals surface area contributed by atoms with Gasteiger partial charge < -0.3 is 9.64 Å². The van der Waals surface area contributed by atoms with Crippen molar-refractivity contribution >= 4 is 5.91 Å². The fourth-order valence-corrected chi connectivity index (χ4v) is 2.67. The topological polar surface area (TPSA) is 41.6 Å². The van der Waals surface area contributed by atoms with Crippen molar-refractivity contribution in [3.05, 3.63) is 29.8 Å². The standard InChI is InChI=1S/C17H26N2O2/c1-4-21-15-9-7-14(8-10-15)17-18-12-16(20)19(17)11-5-6-13(2)3/h7-10,13,17-18H,4-6,11-12H2,1-3H3. The van der Waals surface area contributed by atoms with Gasteiger partial charge in [0.25, 0.3) is 0 Å². The summed E-state index contributed by atoms with van der Waals surface area (Å²) in [5.74, 6) is 1.74. The zero-order chi connectivity index (χ0) is 15.2. The Balaban J connectivity index is 2.00. The fraction of sp³-hybridized carbons (Fsp3) is 0.588. The second-order valence-electron chi connectivity index (χ2n) is 5.91. The van der Waals surface area contributed by atoms with Crippen LogP contribution in [0, 0.1) is 5.92 Å². The van der Waals surface area contributed by atoms with Crippen LogP contribution in [0.25, 0.3) is 0 Å². The summed E-state index contributed by atoms with van der Waals surface area (Å²) < 4.78 is 5.46. The molecule has 0 radical (unpaired) electrons. The van der Waals surface area contributed by atoms with Gasteiger partial charge in [0, 0.05) is 6.54 Å². The number of carbonyl (C=O) groups is 1. The van der Waals surface area contributed by atoms with Crippen molar-refractivity contribution in [3.8, 4) is 5.75 Å². The summed E-state index contributed by atoms with van der Waals surface area (Å²) in [7, 11) is 0. The molecule has 0 aromatic heterocycles. The van der Waals surface area contributed by atoms with Gasteiger partial charge >= 0.3 is 0 Å². The molecule has 1 saturated heterocycles. The number of hydrogen-bond donors (Lipinski definition) is 1. The van der Waals surface area contributed by atoms with E-state index in [1.54, 1.807) is 0 Å². The summed E-state index contributed by atoms with van der Waals surface area (Å²) in [6, 6.07) is 8.01. The van der Waals surface area contributed by atoms with E-state index in [1.165, 1.54) is 0 Å². The molecule has 0 aliphatic carbocycles. The third kappa shape index (κ3) is 4.21. The lowest BCUT2D eigenvalue weighted by molar-refractivity contribution is -0.128. The number of benzene rings is 1. The largest absolute Gasteiger partial charge is 0.494 e. The number of hydrogen-bond acceptors (Lipinski definition) is 3. The van der Waals surface area contributed by atoms with E-state index in [-0.39, 0.29) is 12.1 Å². The van der Waals surface area contributed by atoms with Crippen molar-refractivity contribution < 1.29 is 9.53 Å². The average molecular weight is 290 g/mol. The molecule has 1 N–H and O–H groups in total. The molecule has 1 heterocycles. The lowest BCUT2D eigenvalue weighted by atomic mass is 10.1. The summed E-state index contributed by atoms with van der Waals surface area (Å²) in [4.78, 5) is 14.0. The Morgan fingerprint density at radius 3 is 2.67 bits per heavy atom. The molecule has 1 aromatic rings. The van der Waals surface area contributed by atoms with Crippen LogP contribution in [0.5, 0.6) is 5.75 Å². The Morgan fingerprint density at radius 1 is 1.33 bits per heavy atom. The van der Waals surface area contributed by atoms with E-state index in [0.29, 0.717) is 19.1 Å². The van der Waals surface area contributed by atoms with Crippen LogP contribution in [0.2, 0.25) is 0 Å². The molecule has 0 saturated carbocycles. The summed E-state index contributed by atoms with van der Waals surface area (Å²) in [6.07, 6.45) is 2.21. The highest BCUT2D eigenvalue weighted by atomic mass is 16.5. The van der Waals surface area contributed by atoms with Gasteiger partial charge in [-0.25, -0.2) is 0 Å². The van der Waals surface area contributed by atoms with Crippen LogP contribution in [0.15, 0.2) is 24.3 Å². The fourth-order valence-electron chi connectivity index (χ4n) is 2.67. The van der Waals surface area contributed by atoms with E-state index < -0.39 is 0 Å². The number of amides is 1. The number of nitrogens with zero attached hydrogens (tertiary/aromatic N) is 1. The first-order chi connectivity index (χ1) is 10.1. The maximum Gasteiger partial charge on any atom is 0.238 e. The number of carbonyl (C=O) groups excluding carboxylic acids is 1. The minimum Gasteiger partial charge on any atom is -0.494 e. The summed E-state index contributed by atoms with van der Waals surface area (Å²) >= 11 is 0. The second-order valence-corrected chi connectivity index (χ2v) is 5.91. The van der Waals surface area contributed by atoms with Gasteiger partial charge in [0.2, 0.25) is 5.91 Å². The maximum absolute atomic E-state index is 12.0. The predicted octanol–water partition coefficient (Wildman–Crippen LogP) is 2.95. The molecule has 1 aliphatic rings. The lowest BCUT2D eigenvalue weighted by Crippen LogP contribution is -2.31. The Bertz CT molecular complexity index is 456. The SMILES string of the molecule is CCOc1ccc(C2NCC(=O)N2CCCC(C)C)cc1. The monoisotopic (exact) mass is 290 g/mol. The van der Waals surface area contributed by atoms with Gasteiger partial charge in [0.1, 0.15) is 11.9 Å². The number of rotatable bonds is 7. The van der Waals surface area contributed by atoms with Crippen molar-refractivity contribution in [1.29, 1.82) is 0 Å². The van der Waals surface area contributed by atoms with E-state index in [1.807, 2.05) is 36.1 Å². The van der Waals surface area contributed by atoms with Crippen LogP contribution in [0.1, 0.15) is 45.3 Å². The Morgan fingerprint density at radius 2 is 2.05 bits per heavy atom. The molecule has 21 heavy (non-hydrogen) atoms. The molecule has 4 nitrogen and oxygen atoms in total. The van der Waals surface area contributed by atoms with Crippen molar-refractivity contribution in [3.63, 3.8) is 0 Å². The first kappa shape index (κ1) is 15.8. The van der Waals surface area contributed by atoms with Crippen LogP contribution in [0.4, 0.5) is 0 Å². The van der Waals surface area contributed by atoms with Crippen LogP contribution in [-0.2, 0) is 4.79 Å². The predicted molar refractivity (Wildman–Crippen MR) is 84.1 cm³/mol. The van der Waals surface area contributed by atoms with E-state index in [0.717, 1.165) is 30.7 Å². The molecule has 1 atom stereocenters. The quantitative estimate of drug-likeness (QED) is 0.839. The molecule has 1 amide bonds. The smallest absolute Gasteiger partial charge is 0.238 e. The first-order valence-electron chi connectivity index (χ1n) is 7.87. The van der Waals surface area contributed by atoms with E-state index >= 15 is 0 Å². The van der Waals surface area contributed by atoms with Crippen molar-refractivity contribution in [2.24, 2.45) is 5.92 Å². The molecule has 1 fully saturated rings. The first-order valence-corrected chi connectivity index (χ1v) is 7.87. The third-order valence-electron chi connectivity index (χ3n) is 3.77. The zero-order valence-electron chi connectivity index (χ0n) is 13.3. The average Bonchev–Trinajstić information content (AvgIpc) is 2.81. The highest BCUT2D eigenvalue weighted by Crippen LogP contribution is 2.25. The molecule has 1 aliphatic heterocycles. The maximum atomic E-state index is 12.0. The van der Waals surface area contributed by atoms with Gasteiger partial charge in [-0.05, 0) is 43.4 Å². The second kappa shape index (κ2) is 7.46. The highest BCUT2D eigenvalue weighted by molar-refractivity contribution is 5.80. The Hall–Kier alpha value is -1.55. The summed E-state index contributed by atoms with van der Waals surface area (Å²) in [5, 5.41) is 3.30. The molecular weight excluding hydrogens is 264 g/mol. The van der Waals surface area contributed by atoms with E-state index in [9.17, 15) is 4.79 Å². The minimum atomic E-state index is 0.000314. The number of nitrogens with one attached hydrogen (secondary N) is 1. The minimum absolute atomic E-state index is 0.000314. The van der Waals surface area contributed by atoms with Crippen molar-refractivity contribution in [2.75, 3.05) is 19.7 Å². The third-order valence-corrected chi connectivity index (χ3v) is 3.77. The molecular formula is C17H26N2O2. The molecule has 0 spiro atoms. The Labute approximate surface area is 127 Å². The Kier molecular flexibility index (Phi) is 5.62. The molecule has 4 heteroatoms. The van der Waals surface area contributed by atoms with Crippen molar-refractivity contribution in [1.82, 2.24) is 10.2 Å². The lowest BCUT2D eigenvalue weighted by Gasteiger charge is -2.25. The normalized spacial score (nSPS) is 18.6. The van der Waals surface area contributed by atoms with Crippen molar-refractivity contribution in [2.45, 2.75) is 39.8 Å². The van der Waals surface area contributed by atoms with Gasteiger partial charge in [0.05, 0.1) is 13.2 Å². The van der Waals surface area contributed by atoms with Crippen LogP contribution in [-0.4, -0.2) is 30.5 Å². The molecule has 116 valence electrons. The van der Waals surface area contributed by atoms with Gasteiger partial charge in [-0.1, -0.05) is 26.0 Å². The summed E-state index contributed by atoms with van der Waals surface area (Å²) in [5.41, 5.74) is 1.12. The van der Waals surface area contributed by atoms with Gasteiger partial charge in [-0.15, -0.1) is 0 Å². The summed E-state index contributed by atoms with van der Waals surface area (Å²) in [6.45, 7) is 8.33. The van der Waals surface area contributed by atoms with Gasteiger partial charge in [-0.2, -0.15) is 0 Å². The van der Waals surface area contributed by atoms with E-state index in [2.05, 4.69) is 19.2 Å².